The Morgan fingerprint density at radius 3 is 2.45 bits per heavy atom. The predicted octanol–water partition coefficient (Wildman–Crippen LogP) is 4.66. The third-order valence-corrected chi connectivity index (χ3v) is 6.81. The molecule has 1 N–H and O–H groups in total. The summed E-state index contributed by atoms with van der Waals surface area (Å²) in [6.45, 7) is 1.07. The van der Waals surface area contributed by atoms with E-state index in [1.54, 1.807) is 36.3 Å². The summed E-state index contributed by atoms with van der Waals surface area (Å²) in [5.74, 6) is 0.566. The summed E-state index contributed by atoms with van der Waals surface area (Å²) in [5.41, 5.74) is 1.81. The summed E-state index contributed by atoms with van der Waals surface area (Å²) in [7, 11) is 1.60. The van der Waals surface area contributed by atoms with Crippen LogP contribution in [0.15, 0.2) is 78.9 Å². The number of hydrogen-bond acceptors (Lipinski definition) is 5. The zero-order valence-electron chi connectivity index (χ0n) is 21.5. The minimum Gasteiger partial charge on any atom is -0.497 e. The Bertz CT molecular complexity index is 1180. The molecule has 2 amide bonds. The van der Waals surface area contributed by atoms with Crippen LogP contribution in [-0.4, -0.2) is 55.7 Å². The van der Waals surface area contributed by atoms with Gasteiger partial charge in [0.2, 0.25) is 5.91 Å². The fourth-order valence-electron chi connectivity index (χ4n) is 4.40. The number of nitrogens with one attached hydrogen (secondary N) is 1. The number of nitrogens with zero attached hydrogens (tertiary/aromatic N) is 1. The average Bonchev–Trinajstić information content (AvgIpc) is 3.48. The lowest BCUT2D eigenvalue weighted by Gasteiger charge is -2.32. The van der Waals surface area contributed by atoms with Crippen molar-refractivity contribution in [3.05, 3.63) is 95.0 Å². The fourth-order valence-corrected chi connectivity index (χ4v) is 4.59. The highest BCUT2D eigenvalue weighted by atomic mass is 35.5. The number of benzene rings is 3. The van der Waals surface area contributed by atoms with E-state index in [0.29, 0.717) is 36.1 Å². The van der Waals surface area contributed by atoms with Gasteiger partial charge in [0.1, 0.15) is 17.5 Å². The van der Waals surface area contributed by atoms with Crippen molar-refractivity contribution in [3.8, 4) is 11.5 Å². The molecule has 200 valence electrons. The van der Waals surface area contributed by atoms with Gasteiger partial charge in [-0.25, -0.2) is 0 Å². The monoisotopic (exact) mass is 536 g/mol. The van der Waals surface area contributed by atoms with Crippen LogP contribution in [0.3, 0.4) is 0 Å². The molecule has 8 heteroatoms. The number of methoxy groups -OCH3 is 1. The number of amides is 2. The van der Waals surface area contributed by atoms with Crippen LogP contribution in [0.5, 0.6) is 11.5 Å². The number of rotatable bonds is 12. The minimum absolute atomic E-state index is 0.00868. The number of para-hydroxylation sites is 1. The van der Waals surface area contributed by atoms with Crippen molar-refractivity contribution in [1.82, 2.24) is 10.2 Å². The molecule has 1 heterocycles. The molecular formula is C30H33ClN2O5. The van der Waals surface area contributed by atoms with E-state index in [-0.39, 0.29) is 31.1 Å². The Hall–Kier alpha value is -3.55. The number of halogens is 1. The molecular weight excluding hydrogens is 504 g/mol. The Morgan fingerprint density at radius 1 is 1.03 bits per heavy atom. The normalized spacial score (nSPS) is 15.5. The van der Waals surface area contributed by atoms with Crippen LogP contribution >= 0.6 is 11.6 Å². The van der Waals surface area contributed by atoms with E-state index in [9.17, 15) is 9.59 Å². The van der Waals surface area contributed by atoms with Crippen molar-refractivity contribution in [2.45, 2.75) is 38.0 Å². The van der Waals surface area contributed by atoms with Crippen LogP contribution in [0.25, 0.3) is 0 Å². The molecule has 3 aromatic carbocycles. The summed E-state index contributed by atoms with van der Waals surface area (Å²) in [6, 6.07) is 23.4. The molecule has 7 nitrogen and oxygen atoms in total. The Balaban J connectivity index is 1.59. The second kappa shape index (κ2) is 13.8. The van der Waals surface area contributed by atoms with Gasteiger partial charge in [-0.05, 0) is 48.2 Å². The SMILES string of the molecule is COc1ccc(CN(C(=O)COc2ccccc2Cl)[C@H](Cc2ccccc2)C(=O)NC[C@H]2CCCO2)cc1. The number of carbonyl (C=O) groups is 2. The Kier molecular flexibility index (Phi) is 10.0. The van der Waals surface area contributed by atoms with Gasteiger partial charge in [0.15, 0.2) is 6.61 Å². The van der Waals surface area contributed by atoms with E-state index < -0.39 is 6.04 Å². The topological polar surface area (TPSA) is 77.1 Å². The molecule has 1 saturated heterocycles. The predicted molar refractivity (Wildman–Crippen MR) is 146 cm³/mol. The lowest BCUT2D eigenvalue weighted by atomic mass is 10.0. The first kappa shape index (κ1) is 27.5. The smallest absolute Gasteiger partial charge is 0.261 e. The van der Waals surface area contributed by atoms with E-state index in [1.165, 1.54) is 0 Å². The molecule has 0 spiro atoms. The molecule has 1 fully saturated rings. The van der Waals surface area contributed by atoms with Gasteiger partial charge in [0, 0.05) is 26.1 Å². The largest absolute Gasteiger partial charge is 0.497 e. The molecule has 3 aromatic rings. The van der Waals surface area contributed by atoms with Gasteiger partial charge in [-0.15, -0.1) is 0 Å². The second-order valence-corrected chi connectivity index (χ2v) is 9.58. The summed E-state index contributed by atoms with van der Waals surface area (Å²) >= 11 is 6.23. The van der Waals surface area contributed by atoms with Gasteiger partial charge in [-0.1, -0.05) is 66.2 Å². The lowest BCUT2D eigenvalue weighted by molar-refractivity contribution is -0.143. The number of carbonyl (C=O) groups excluding carboxylic acids is 2. The molecule has 1 aliphatic heterocycles. The van der Waals surface area contributed by atoms with Gasteiger partial charge in [0.05, 0.1) is 18.2 Å². The first-order valence-electron chi connectivity index (χ1n) is 12.8. The summed E-state index contributed by atoms with van der Waals surface area (Å²) < 4.78 is 16.7. The van der Waals surface area contributed by atoms with E-state index in [1.807, 2.05) is 54.6 Å². The van der Waals surface area contributed by atoms with Crippen molar-refractivity contribution in [1.29, 1.82) is 0 Å². The zero-order chi connectivity index (χ0) is 26.7. The van der Waals surface area contributed by atoms with Crippen molar-refractivity contribution in [2.24, 2.45) is 0 Å². The summed E-state index contributed by atoms with van der Waals surface area (Å²) in [5, 5.41) is 3.44. The van der Waals surface area contributed by atoms with Crippen LogP contribution in [0.1, 0.15) is 24.0 Å². The van der Waals surface area contributed by atoms with Crippen LogP contribution in [0, 0.1) is 0 Å². The number of ether oxygens (including phenoxy) is 3. The van der Waals surface area contributed by atoms with Gasteiger partial charge in [0.25, 0.3) is 5.91 Å². The Labute approximate surface area is 228 Å². The van der Waals surface area contributed by atoms with Gasteiger partial charge >= 0.3 is 0 Å². The lowest BCUT2D eigenvalue weighted by Crippen LogP contribution is -2.52. The highest BCUT2D eigenvalue weighted by Crippen LogP contribution is 2.24. The van der Waals surface area contributed by atoms with Crippen molar-refractivity contribution < 1.29 is 23.8 Å². The van der Waals surface area contributed by atoms with Crippen molar-refractivity contribution in [2.75, 3.05) is 26.9 Å². The quantitative estimate of drug-likeness (QED) is 0.364. The number of hydrogen-bond donors (Lipinski definition) is 1. The third-order valence-electron chi connectivity index (χ3n) is 6.50. The Morgan fingerprint density at radius 2 is 1.76 bits per heavy atom. The molecule has 0 bridgehead atoms. The maximum absolute atomic E-state index is 13.7. The van der Waals surface area contributed by atoms with Crippen LogP contribution in [0.4, 0.5) is 0 Å². The minimum atomic E-state index is -0.761. The van der Waals surface area contributed by atoms with E-state index in [0.717, 1.165) is 24.0 Å². The van der Waals surface area contributed by atoms with Crippen LogP contribution in [-0.2, 0) is 27.3 Å². The second-order valence-electron chi connectivity index (χ2n) is 9.17. The summed E-state index contributed by atoms with van der Waals surface area (Å²) in [4.78, 5) is 28.9. The zero-order valence-corrected chi connectivity index (χ0v) is 22.2. The molecule has 0 aliphatic carbocycles. The maximum Gasteiger partial charge on any atom is 0.261 e. The van der Waals surface area contributed by atoms with Crippen molar-refractivity contribution >= 4 is 23.4 Å². The van der Waals surface area contributed by atoms with Crippen LogP contribution < -0.4 is 14.8 Å². The maximum atomic E-state index is 13.7. The molecule has 38 heavy (non-hydrogen) atoms. The molecule has 4 rings (SSSR count). The van der Waals surface area contributed by atoms with Gasteiger partial charge in [-0.2, -0.15) is 0 Å². The molecule has 0 radical (unpaired) electrons. The van der Waals surface area contributed by atoms with E-state index in [2.05, 4.69) is 5.32 Å². The van der Waals surface area contributed by atoms with E-state index in [4.69, 9.17) is 25.8 Å². The standard InChI is InChI=1S/C30H33ClN2O5/c1-36-24-15-13-23(14-16-24)20-33(29(34)21-38-28-12-6-5-11-26(28)31)27(18-22-8-3-2-4-9-22)30(35)32-19-25-10-7-17-37-25/h2-6,8-9,11-16,25,27H,7,10,17-21H2,1H3,(H,32,35)/t25-,27-/m1/s1. The van der Waals surface area contributed by atoms with E-state index >= 15 is 0 Å². The van der Waals surface area contributed by atoms with Gasteiger partial charge < -0.3 is 24.4 Å². The molecule has 2 atom stereocenters. The molecule has 1 aliphatic rings. The fraction of sp³-hybridized carbons (Fsp3) is 0.333. The van der Waals surface area contributed by atoms with Crippen molar-refractivity contribution in [3.63, 3.8) is 0 Å². The molecule has 0 unspecified atom stereocenters. The van der Waals surface area contributed by atoms with Crippen LogP contribution in [0.2, 0.25) is 5.02 Å². The first-order valence-corrected chi connectivity index (χ1v) is 13.1. The molecule has 0 aromatic heterocycles. The first-order chi connectivity index (χ1) is 18.5. The molecule has 0 saturated carbocycles. The third kappa shape index (κ3) is 7.73. The highest BCUT2D eigenvalue weighted by Gasteiger charge is 2.31. The summed E-state index contributed by atoms with van der Waals surface area (Å²) in [6.07, 6.45) is 2.23. The highest BCUT2D eigenvalue weighted by molar-refractivity contribution is 6.32. The van der Waals surface area contributed by atoms with Gasteiger partial charge in [-0.3, -0.25) is 9.59 Å². The average molecular weight is 537 g/mol.